The molecule has 0 spiro atoms. The van der Waals surface area contributed by atoms with E-state index in [1.807, 2.05) is 43.3 Å². The number of ether oxygens (including phenoxy) is 1. The number of hydrogen-bond acceptors (Lipinski definition) is 5. The molecule has 0 aliphatic rings. The van der Waals surface area contributed by atoms with E-state index in [9.17, 15) is 0 Å². The zero-order valence-corrected chi connectivity index (χ0v) is 14.9. The molecule has 0 amide bonds. The number of anilines is 2. The van der Waals surface area contributed by atoms with Gasteiger partial charge in [0.2, 0.25) is 0 Å². The van der Waals surface area contributed by atoms with E-state index in [-0.39, 0.29) is 0 Å². The van der Waals surface area contributed by atoms with Gasteiger partial charge in [0.15, 0.2) is 5.82 Å². The summed E-state index contributed by atoms with van der Waals surface area (Å²) in [4.78, 5) is 8.61. The molecular weight excluding hydrogens is 338 g/mol. The molecule has 0 atom stereocenters. The third-order valence-corrected chi connectivity index (χ3v) is 4.06. The van der Waals surface area contributed by atoms with Crippen LogP contribution in [0.1, 0.15) is 12.5 Å². The normalized spacial score (nSPS) is 11.1. The van der Waals surface area contributed by atoms with Gasteiger partial charge in [-0.1, -0.05) is 30.3 Å². The van der Waals surface area contributed by atoms with E-state index < -0.39 is 0 Å². The molecule has 0 bridgehead atoms. The van der Waals surface area contributed by atoms with Crippen LogP contribution in [0.5, 0.6) is 5.75 Å². The van der Waals surface area contributed by atoms with Crippen LogP contribution in [-0.2, 0) is 0 Å². The third-order valence-electron chi connectivity index (χ3n) is 4.06. The summed E-state index contributed by atoms with van der Waals surface area (Å²) in [6, 6.07) is 17.9. The maximum Gasteiger partial charge on any atom is 0.175 e. The second-order valence-corrected chi connectivity index (χ2v) is 5.90. The summed E-state index contributed by atoms with van der Waals surface area (Å²) in [5, 5.41) is 12.6. The van der Waals surface area contributed by atoms with Gasteiger partial charge in [0.1, 0.15) is 11.6 Å². The molecule has 4 aromatic rings. The summed E-state index contributed by atoms with van der Waals surface area (Å²) in [5.41, 5.74) is 1.82. The van der Waals surface area contributed by atoms with Gasteiger partial charge in [-0.3, -0.25) is 10.1 Å². The highest BCUT2D eigenvalue weighted by Gasteiger charge is 2.07. The minimum absolute atomic E-state index is 0.580. The molecule has 0 saturated heterocycles. The van der Waals surface area contributed by atoms with Gasteiger partial charge >= 0.3 is 0 Å². The zero-order valence-electron chi connectivity index (χ0n) is 14.9. The Morgan fingerprint density at radius 3 is 2.93 bits per heavy atom. The van der Waals surface area contributed by atoms with Crippen LogP contribution >= 0.6 is 0 Å². The summed E-state index contributed by atoms with van der Waals surface area (Å²) in [6.07, 6.45) is 5.28. The molecule has 0 radical (unpaired) electrons. The number of rotatable bonds is 6. The van der Waals surface area contributed by atoms with Crippen molar-refractivity contribution in [1.82, 2.24) is 15.2 Å². The summed E-state index contributed by atoms with van der Waals surface area (Å²) in [5.74, 6) is 2.14. The van der Waals surface area contributed by atoms with Crippen LogP contribution in [-0.4, -0.2) is 28.0 Å². The molecule has 0 aliphatic heterocycles. The van der Waals surface area contributed by atoms with Gasteiger partial charge in [-0.2, -0.15) is 5.10 Å². The highest BCUT2D eigenvalue weighted by atomic mass is 16.5. The van der Waals surface area contributed by atoms with Gasteiger partial charge in [0.05, 0.1) is 18.5 Å². The Bertz CT molecular complexity index is 1070. The van der Waals surface area contributed by atoms with Gasteiger partial charge in [0, 0.05) is 24.0 Å². The monoisotopic (exact) mass is 357 g/mol. The first kappa shape index (κ1) is 16.8. The van der Waals surface area contributed by atoms with E-state index in [0.29, 0.717) is 12.4 Å². The van der Waals surface area contributed by atoms with Crippen molar-refractivity contribution in [2.24, 2.45) is 4.99 Å². The van der Waals surface area contributed by atoms with Gasteiger partial charge in [0.25, 0.3) is 0 Å². The van der Waals surface area contributed by atoms with Gasteiger partial charge in [-0.15, -0.1) is 0 Å². The molecule has 2 heterocycles. The Labute approximate surface area is 156 Å². The van der Waals surface area contributed by atoms with E-state index in [4.69, 9.17) is 4.74 Å². The van der Waals surface area contributed by atoms with Crippen molar-refractivity contribution in [2.45, 2.75) is 6.92 Å². The number of benzene rings is 2. The molecule has 2 aromatic carbocycles. The van der Waals surface area contributed by atoms with Gasteiger partial charge in [-0.25, -0.2) is 4.99 Å². The van der Waals surface area contributed by atoms with Crippen molar-refractivity contribution >= 4 is 34.3 Å². The minimum Gasteiger partial charge on any atom is -0.493 e. The molecule has 0 aliphatic carbocycles. The standard InChI is InChI=1S/C21H19N5O/c1-2-27-19-10-9-15-6-3-4-8-17(15)18(19)14-23-20-12-21(26-25-20)24-16-7-5-11-22-13-16/h3-14H,2H2,1H3,(H2,24,25,26). The number of fused-ring (bicyclic) bond motifs is 1. The molecule has 27 heavy (non-hydrogen) atoms. The van der Waals surface area contributed by atoms with Crippen LogP contribution in [0.4, 0.5) is 17.3 Å². The molecule has 4 rings (SSSR count). The topological polar surface area (TPSA) is 75.2 Å². The molecule has 2 N–H and O–H groups in total. The summed E-state index contributed by atoms with van der Waals surface area (Å²) in [6.45, 7) is 2.57. The van der Waals surface area contributed by atoms with Crippen molar-refractivity contribution in [3.8, 4) is 5.75 Å². The Balaban J connectivity index is 1.62. The molecule has 0 fully saturated rings. The summed E-state index contributed by atoms with van der Waals surface area (Å²) >= 11 is 0. The van der Waals surface area contributed by atoms with Crippen molar-refractivity contribution < 1.29 is 4.74 Å². The average Bonchev–Trinajstić information content (AvgIpc) is 3.15. The van der Waals surface area contributed by atoms with E-state index in [1.54, 1.807) is 18.6 Å². The first-order valence-corrected chi connectivity index (χ1v) is 8.74. The maximum atomic E-state index is 5.78. The van der Waals surface area contributed by atoms with Crippen LogP contribution in [0.15, 0.2) is 72.0 Å². The van der Waals surface area contributed by atoms with Crippen LogP contribution in [0.3, 0.4) is 0 Å². The van der Waals surface area contributed by atoms with E-state index in [0.717, 1.165) is 33.6 Å². The molecule has 134 valence electrons. The fourth-order valence-corrected chi connectivity index (χ4v) is 2.85. The molecule has 6 heteroatoms. The lowest BCUT2D eigenvalue weighted by Crippen LogP contribution is -1.97. The lowest BCUT2D eigenvalue weighted by Gasteiger charge is -2.09. The van der Waals surface area contributed by atoms with Crippen LogP contribution in [0, 0.1) is 0 Å². The van der Waals surface area contributed by atoms with Crippen LogP contribution < -0.4 is 10.1 Å². The van der Waals surface area contributed by atoms with Gasteiger partial charge < -0.3 is 10.1 Å². The Morgan fingerprint density at radius 1 is 1.15 bits per heavy atom. The van der Waals surface area contributed by atoms with E-state index in [1.165, 1.54) is 0 Å². The summed E-state index contributed by atoms with van der Waals surface area (Å²) < 4.78 is 5.78. The number of nitrogens with zero attached hydrogens (tertiary/aromatic N) is 3. The largest absolute Gasteiger partial charge is 0.493 e. The molecular formula is C21H19N5O. The maximum absolute atomic E-state index is 5.78. The Morgan fingerprint density at radius 2 is 2.07 bits per heavy atom. The first-order valence-electron chi connectivity index (χ1n) is 8.74. The predicted octanol–water partition coefficient (Wildman–Crippen LogP) is 4.85. The number of aromatic amines is 1. The quantitative estimate of drug-likeness (QED) is 0.484. The fourth-order valence-electron chi connectivity index (χ4n) is 2.85. The molecule has 0 unspecified atom stereocenters. The van der Waals surface area contributed by atoms with Crippen molar-refractivity contribution in [3.05, 3.63) is 72.6 Å². The molecule has 0 saturated carbocycles. The van der Waals surface area contributed by atoms with Gasteiger partial charge in [-0.05, 0) is 35.9 Å². The third kappa shape index (κ3) is 3.79. The minimum atomic E-state index is 0.580. The van der Waals surface area contributed by atoms with Crippen LogP contribution in [0.2, 0.25) is 0 Å². The zero-order chi connectivity index (χ0) is 18.5. The second-order valence-electron chi connectivity index (χ2n) is 5.90. The first-order chi connectivity index (χ1) is 13.3. The highest BCUT2D eigenvalue weighted by molar-refractivity contribution is 6.03. The average molecular weight is 357 g/mol. The number of aliphatic imine (C=N–C) groups is 1. The van der Waals surface area contributed by atoms with Crippen molar-refractivity contribution in [1.29, 1.82) is 0 Å². The van der Waals surface area contributed by atoms with Crippen LogP contribution in [0.25, 0.3) is 10.8 Å². The van der Waals surface area contributed by atoms with Crippen molar-refractivity contribution in [2.75, 3.05) is 11.9 Å². The lowest BCUT2D eigenvalue weighted by atomic mass is 10.0. The Hall–Kier alpha value is -3.67. The Kier molecular flexibility index (Phi) is 4.78. The lowest BCUT2D eigenvalue weighted by molar-refractivity contribution is 0.340. The highest BCUT2D eigenvalue weighted by Crippen LogP contribution is 2.27. The molecule has 2 aromatic heterocycles. The summed E-state index contributed by atoms with van der Waals surface area (Å²) in [7, 11) is 0. The van der Waals surface area contributed by atoms with E-state index >= 15 is 0 Å². The number of nitrogens with one attached hydrogen (secondary N) is 2. The van der Waals surface area contributed by atoms with E-state index in [2.05, 4.69) is 43.7 Å². The predicted molar refractivity (Wildman–Crippen MR) is 108 cm³/mol. The number of pyridine rings is 1. The van der Waals surface area contributed by atoms with Crippen molar-refractivity contribution in [3.63, 3.8) is 0 Å². The number of hydrogen-bond donors (Lipinski definition) is 2. The number of aromatic nitrogens is 3. The smallest absolute Gasteiger partial charge is 0.175 e. The SMILES string of the molecule is CCOc1ccc2ccccc2c1C=Nc1cc(Nc2cccnc2)[nH]n1. The molecule has 6 nitrogen and oxygen atoms in total. The fraction of sp³-hybridized carbons (Fsp3) is 0.0952. The second kappa shape index (κ2) is 7.70. The number of H-pyrrole nitrogens is 1.